The number of hydrogen-bond acceptors (Lipinski definition) is 6. The van der Waals surface area contributed by atoms with E-state index in [0.29, 0.717) is 0 Å². The summed E-state index contributed by atoms with van der Waals surface area (Å²) in [6, 6.07) is 13.0. The van der Waals surface area contributed by atoms with Crippen LogP contribution < -0.4 is 15.5 Å². The number of fused-ring (bicyclic) bond motifs is 2. The molecule has 0 radical (unpaired) electrons. The first-order valence-corrected chi connectivity index (χ1v) is 11.8. The number of benzene rings is 1. The Labute approximate surface area is 196 Å². The van der Waals surface area contributed by atoms with Gasteiger partial charge in [-0.2, -0.15) is 0 Å². The molecule has 0 bridgehead atoms. The van der Waals surface area contributed by atoms with Crippen molar-refractivity contribution in [3.8, 4) is 0 Å². The monoisotopic (exact) mass is 442 g/mol. The van der Waals surface area contributed by atoms with Gasteiger partial charge in [0.1, 0.15) is 5.82 Å². The Kier molecular flexibility index (Phi) is 5.57. The normalized spacial score (nSPS) is 20.8. The smallest absolute Gasteiger partial charge is 0.152 e. The highest BCUT2D eigenvalue weighted by Crippen LogP contribution is 2.51. The molecule has 2 aromatic heterocycles. The summed E-state index contributed by atoms with van der Waals surface area (Å²) in [5.41, 5.74) is 13.0. The van der Waals surface area contributed by atoms with Crippen LogP contribution in [0.5, 0.6) is 0 Å². The van der Waals surface area contributed by atoms with E-state index in [4.69, 9.17) is 15.7 Å². The molecule has 1 spiro atoms. The van der Waals surface area contributed by atoms with E-state index in [9.17, 15) is 0 Å². The SMILES string of the molecule is C.Cc1nc(N2CCCc3ncccc32)cnc1N1CCC2(CC1)Cc1ccccc1[C@H]2N. The number of rotatable bonds is 2. The van der Waals surface area contributed by atoms with Crippen molar-refractivity contribution in [2.45, 2.75) is 52.5 Å². The number of nitrogens with zero attached hydrogens (tertiary/aromatic N) is 5. The van der Waals surface area contributed by atoms with Gasteiger partial charge in [-0.15, -0.1) is 0 Å². The van der Waals surface area contributed by atoms with Gasteiger partial charge in [-0.3, -0.25) is 4.98 Å². The molecule has 1 saturated heterocycles. The van der Waals surface area contributed by atoms with Crippen molar-refractivity contribution in [2.24, 2.45) is 11.1 Å². The average Bonchev–Trinajstić information content (AvgIpc) is 3.10. The van der Waals surface area contributed by atoms with E-state index in [2.05, 4.69) is 52.0 Å². The zero-order valence-corrected chi connectivity index (χ0v) is 18.7. The summed E-state index contributed by atoms with van der Waals surface area (Å²) in [5, 5.41) is 0. The van der Waals surface area contributed by atoms with Crippen LogP contribution in [0.3, 0.4) is 0 Å². The first-order chi connectivity index (χ1) is 15.6. The van der Waals surface area contributed by atoms with Crippen LogP contribution in [0.2, 0.25) is 0 Å². The molecule has 1 aliphatic carbocycles. The second-order valence-corrected chi connectivity index (χ2v) is 9.56. The highest BCUT2D eigenvalue weighted by atomic mass is 15.3. The molecular weight excluding hydrogens is 408 g/mol. The van der Waals surface area contributed by atoms with E-state index in [1.165, 1.54) is 11.1 Å². The van der Waals surface area contributed by atoms with Crippen molar-refractivity contribution < 1.29 is 0 Å². The van der Waals surface area contributed by atoms with E-state index >= 15 is 0 Å². The maximum Gasteiger partial charge on any atom is 0.152 e. The third-order valence-corrected chi connectivity index (χ3v) is 7.79. The maximum absolute atomic E-state index is 6.75. The molecule has 2 N–H and O–H groups in total. The lowest BCUT2D eigenvalue weighted by atomic mass is 9.73. The quantitative estimate of drug-likeness (QED) is 0.618. The van der Waals surface area contributed by atoms with Crippen molar-refractivity contribution in [3.05, 3.63) is 71.3 Å². The molecule has 1 atom stereocenters. The molecule has 6 nitrogen and oxygen atoms in total. The Balaban J connectivity index is 0.00000228. The Morgan fingerprint density at radius 1 is 1.03 bits per heavy atom. The summed E-state index contributed by atoms with van der Waals surface area (Å²) in [6.07, 6.45) is 9.21. The first-order valence-electron chi connectivity index (χ1n) is 11.8. The van der Waals surface area contributed by atoms with E-state index in [0.717, 1.165) is 80.4 Å². The van der Waals surface area contributed by atoms with Crippen LogP contribution in [0.25, 0.3) is 0 Å². The summed E-state index contributed by atoms with van der Waals surface area (Å²) < 4.78 is 0. The molecule has 3 aliphatic rings. The Morgan fingerprint density at radius 3 is 2.64 bits per heavy atom. The van der Waals surface area contributed by atoms with Crippen LogP contribution in [0.1, 0.15) is 55.2 Å². The molecule has 1 fully saturated rings. The highest BCUT2D eigenvalue weighted by Gasteiger charge is 2.46. The molecule has 3 aromatic rings. The second-order valence-electron chi connectivity index (χ2n) is 9.56. The van der Waals surface area contributed by atoms with Gasteiger partial charge in [0, 0.05) is 31.9 Å². The second kappa shape index (κ2) is 8.41. The van der Waals surface area contributed by atoms with Gasteiger partial charge in [0.05, 0.1) is 23.3 Å². The molecule has 2 aliphatic heterocycles. The largest absolute Gasteiger partial charge is 0.355 e. The molecule has 172 valence electrons. The third kappa shape index (κ3) is 3.57. The van der Waals surface area contributed by atoms with Crippen LogP contribution >= 0.6 is 0 Å². The molecule has 6 heteroatoms. The van der Waals surface area contributed by atoms with Gasteiger partial charge in [0.2, 0.25) is 0 Å². The van der Waals surface area contributed by atoms with Crippen molar-refractivity contribution >= 4 is 17.3 Å². The predicted octanol–water partition coefficient (Wildman–Crippen LogP) is 4.74. The first kappa shape index (κ1) is 21.8. The van der Waals surface area contributed by atoms with Gasteiger partial charge in [0.25, 0.3) is 0 Å². The molecule has 4 heterocycles. The Bertz CT molecular complexity index is 1150. The van der Waals surface area contributed by atoms with Crippen molar-refractivity contribution in [1.29, 1.82) is 0 Å². The van der Waals surface area contributed by atoms with Crippen LogP contribution in [0.4, 0.5) is 17.3 Å². The van der Waals surface area contributed by atoms with Crippen molar-refractivity contribution in [1.82, 2.24) is 15.0 Å². The summed E-state index contributed by atoms with van der Waals surface area (Å²) >= 11 is 0. The van der Waals surface area contributed by atoms with Crippen molar-refractivity contribution in [3.63, 3.8) is 0 Å². The van der Waals surface area contributed by atoms with Gasteiger partial charge in [-0.25, -0.2) is 9.97 Å². The minimum atomic E-state index is 0. The lowest BCUT2D eigenvalue weighted by Crippen LogP contribution is -2.45. The van der Waals surface area contributed by atoms with E-state index < -0.39 is 0 Å². The average molecular weight is 443 g/mol. The van der Waals surface area contributed by atoms with Gasteiger partial charge in [-0.1, -0.05) is 31.7 Å². The molecule has 0 unspecified atom stereocenters. The van der Waals surface area contributed by atoms with E-state index in [1.54, 1.807) is 0 Å². The van der Waals surface area contributed by atoms with E-state index in [-0.39, 0.29) is 18.9 Å². The van der Waals surface area contributed by atoms with Crippen molar-refractivity contribution in [2.75, 3.05) is 29.4 Å². The fourth-order valence-corrected chi connectivity index (χ4v) is 6.00. The van der Waals surface area contributed by atoms with Crippen LogP contribution in [-0.4, -0.2) is 34.6 Å². The number of anilines is 3. The van der Waals surface area contributed by atoms with Gasteiger partial charge in [0.15, 0.2) is 5.82 Å². The number of hydrogen-bond donors (Lipinski definition) is 1. The molecular formula is C27H34N6. The molecule has 33 heavy (non-hydrogen) atoms. The number of pyridine rings is 1. The number of nitrogens with two attached hydrogens (primary N) is 1. The topological polar surface area (TPSA) is 71.2 Å². The highest BCUT2D eigenvalue weighted by molar-refractivity contribution is 5.64. The molecule has 1 aromatic carbocycles. The summed E-state index contributed by atoms with van der Waals surface area (Å²) in [4.78, 5) is 19.1. The minimum absolute atomic E-state index is 0. The maximum atomic E-state index is 6.75. The molecule has 6 rings (SSSR count). The Morgan fingerprint density at radius 2 is 1.85 bits per heavy atom. The lowest BCUT2D eigenvalue weighted by molar-refractivity contribution is 0.187. The Hall–Kier alpha value is -2.99. The summed E-state index contributed by atoms with van der Waals surface area (Å²) in [6.45, 7) is 5.00. The summed E-state index contributed by atoms with van der Waals surface area (Å²) in [5.74, 6) is 1.93. The molecule has 0 saturated carbocycles. The zero-order valence-electron chi connectivity index (χ0n) is 18.7. The van der Waals surface area contributed by atoms with Gasteiger partial charge in [-0.05, 0) is 67.7 Å². The van der Waals surface area contributed by atoms with E-state index in [1.807, 2.05) is 18.5 Å². The van der Waals surface area contributed by atoms with Crippen LogP contribution in [0, 0.1) is 12.3 Å². The standard InChI is InChI=1S/C26H30N6.CH4/c1-18-25(29-17-23(30-18)32-13-5-8-21-22(32)9-4-12-28-21)31-14-10-26(11-15-31)16-19-6-2-3-7-20(19)24(26)27;/h2-4,6-7,9,12,17,24H,5,8,10-11,13-16,27H2,1H3;1H4/t24-;/m1./s1. The molecule has 0 amide bonds. The fourth-order valence-electron chi connectivity index (χ4n) is 6.00. The third-order valence-electron chi connectivity index (χ3n) is 7.79. The zero-order chi connectivity index (χ0) is 21.7. The number of aryl methyl sites for hydroxylation is 2. The van der Waals surface area contributed by atoms with Gasteiger partial charge < -0.3 is 15.5 Å². The lowest BCUT2D eigenvalue weighted by Gasteiger charge is -2.43. The van der Waals surface area contributed by atoms with Crippen LogP contribution in [0.15, 0.2) is 48.8 Å². The van der Waals surface area contributed by atoms with Crippen LogP contribution in [-0.2, 0) is 12.8 Å². The number of piperidine rings is 1. The van der Waals surface area contributed by atoms with Gasteiger partial charge >= 0.3 is 0 Å². The minimum Gasteiger partial charge on any atom is -0.355 e. The fraction of sp³-hybridized carbons (Fsp3) is 0.444. The number of aromatic nitrogens is 3. The predicted molar refractivity (Wildman–Crippen MR) is 134 cm³/mol. The summed E-state index contributed by atoms with van der Waals surface area (Å²) in [7, 11) is 0.